The van der Waals surface area contributed by atoms with Crippen LogP contribution < -0.4 is 0 Å². The number of nitriles is 1. The molecule has 0 aliphatic rings. The lowest BCUT2D eigenvalue weighted by Crippen LogP contribution is -2.34. The van der Waals surface area contributed by atoms with Crippen LogP contribution in [0.2, 0.25) is 5.02 Å². The average molecular weight is 259 g/mol. The number of hydrogen-bond donors (Lipinski definition) is 0. The molecule has 0 fully saturated rings. The van der Waals surface area contributed by atoms with Gasteiger partial charge in [-0.25, -0.2) is 8.78 Å². The maximum absolute atomic E-state index is 13.4. The third kappa shape index (κ3) is 2.71. The van der Waals surface area contributed by atoms with Crippen molar-refractivity contribution in [3.63, 3.8) is 0 Å². The van der Waals surface area contributed by atoms with Crippen LogP contribution in [0.5, 0.6) is 0 Å². The minimum atomic E-state index is -0.918. The van der Waals surface area contributed by atoms with Crippen molar-refractivity contribution in [3.05, 3.63) is 34.4 Å². The summed E-state index contributed by atoms with van der Waals surface area (Å²) in [7, 11) is 1.34. The molecule has 6 heteroatoms. The number of hydrogen-bond acceptors (Lipinski definition) is 2. The average Bonchev–Trinajstić information content (AvgIpc) is 2.31. The van der Waals surface area contributed by atoms with Crippen molar-refractivity contribution in [1.82, 2.24) is 4.90 Å². The molecule has 0 N–H and O–H groups in total. The fourth-order valence-electron chi connectivity index (χ4n) is 1.14. The molecule has 3 nitrogen and oxygen atoms in total. The molecule has 0 saturated heterocycles. The van der Waals surface area contributed by atoms with Crippen LogP contribution in [0.15, 0.2) is 12.1 Å². The lowest BCUT2D eigenvalue weighted by atomic mass is 10.1. The number of amides is 1. The highest BCUT2D eigenvalue weighted by Crippen LogP contribution is 2.20. The Bertz CT molecular complexity index is 499. The number of carbonyl (C=O) groups is 1. The van der Waals surface area contributed by atoms with Crippen LogP contribution in [0.3, 0.4) is 0 Å². The molecule has 0 spiro atoms. The highest BCUT2D eigenvalue weighted by atomic mass is 35.5. The Labute approximate surface area is 102 Å². The van der Waals surface area contributed by atoms with E-state index < -0.39 is 34.2 Å². The zero-order valence-electron chi connectivity index (χ0n) is 9.17. The zero-order valence-corrected chi connectivity index (χ0v) is 9.92. The molecule has 0 saturated carbocycles. The smallest absolute Gasteiger partial charge is 0.257 e. The second-order valence-electron chi connectivity index (χ2n) is 3.47. The molecule has 1 rings (SSSR count). The number of halogens is 3. The molecule has 90 valence electrons. The number of rotatable bonds is 2. The molecular formula is C11H9ClF2N2O. The predicted molar refractivity (Wildman–Crippen MR) is 58.5 cm³/mol. The molecule has 0 bridgehead atoms. The normalized spacial score (nSPS) is 11.8. The first kappa shape index (κ1) is 13.4. The molecule has 0 aromatic heterocycles. The minimum absolute atomic E-state index is 0.393. The van der Waals surface area contributed by atoms with Crippen molar-refractivity contribution in [3.8, 4) is 6.07 Å². The summed E-state index contributed by atoms with van der Waals surface area (Å²) in [6.45, 7) is 1.47. The Balaban J connectivity index is 3.14. The Hall–Kier alpha value is -1.67. The first-order valence-electron chi connectivity index (χ1n) is 4.69. The topological polar surface area (TPSA) is 44.1 Å². The third-order valence-corrected chi connectivity index (χ3v) is 2.62. The molecule has 17 heavy (non-hydrogen) atoms. The van der Waals surface area contributed by atoms with Gasteiger partial charge in [-0.05, 0) is 19.1 Å². The number of carbonyl (C=O) groups excluding carboxylic acids is 1. The molecule has 0 radical (unpaired) electrons. The lowest BCUT2D eigenvalue weighted by molar-refractivity contribution is 0.0768. The molecule has 0 aliphatic heterocycles. The van der Waals surface area contributed by atoms with Gasteiger partial charge in [0.2, 0.25) is 0 Å². The standard InChI is InChI=1S/C11H9ClF2N2O/c1-6(5-15)16(2)11(17)7-3-10(14)8(12)4-9(7)13/h3-4,6H,1-2H3. The van der Waals surface area contributed by atoms with Crippen LogP contribution in [0.1, 0.15) is 17.3 Å². The van der Waals surface area contributed by atoms with E-state index in [1.54, 1.807) is 0 Å². The minimum Gasteiger partial charge on any atom is -0.326 e. The summed E-state index contributed by atoms with van der Waals surface area (Å²) in [6, 6.07) is 2.54. The van der Waals surface area contributed by atoms with Crippen molar-refractivity contribution >= 4 is 17.5 Å². The molecule has 0 heterocycles. The van der Waals surface area contributed by atoms with Crippen LogP contribution in [0, 0.1) is 23.0 Å². The van der Waals surface area contributed by atoms with Crippen molar-refractivity contribution in [1.29, 1.82) is 5.26 Å². The highest BCUT2D eigenvalue weighted by Gasteiger charge is 2.21. The van der Waals surface area contributed by atoms with Gasteiger partial charge in [0.25, 0.3) is 5.91 Å². The molecule has 1 atom stereocenters. The zero-order chi connectivity index (χ0) is 13.2. The van der Waals surface area contributed by atoms with E-state index in [0.29, 0.717) is 0 Å². The number of benzene rings is 1. The summed E-state index contributed by atoms with van der Waals surface area (Å²) in [5, 5.41) is 8.24. The SMILES string of the molecule is CC(C#N)N(C)C(=O)c1cc(F)c(Cl)cc1F. The van der Waals surface area contributed by atoms with Crippen molar-refractivity contribution in [2.24, 2.45) is 0 Å². The summed E-state index contributed by atoms with van der Waals surface area (Å²) in [5.41, 5.74) is -0.448. The molecule has 1 amide bonds. The molecular weight excluding hydrogens is 250 g/mol. The highest BCUT2D eigenvalue weighted by molar-refractivity contribution is 6.30. The van der Waals surface area contributed by atoms with Crippen LogP contribution in [0.25, 0.3) is 0 Å². The van der Waals surface area contributed by atoms with Crippen molar-refractivity contribution < 1.29 is 13.6 Å². The van der Waals surface area contributed by atoms with E-state index in [2.05, 4.69) is 0 Å². The second-order valence-corrected chi connectivity index (χ2v) is 3.87. The van der Waals surface area contributed by atoms with Crippen molar-refractivity contribution in [2.45, 2.75) is 13.0 Å². The van der Waals surface area contributed by atoms with Crippen LogP contribution in [0.4, 0.5) is 8.78 Å². The summed E-state index contributed by atoms with van der Waals surface area (Å²) in [5.74, 6) is -2.57. The first-order chi connectivity index (χ1) is 7.88. The Morgan fingerprint density at radius 1 is 1.47 bits per heavy atom. The van der Waals surface area contributed by atoms with Gasteiger partial charge >= 0.3 is 0 Å². The Morgan fingerprint density at radius 3 is 2.59 bits per heavy atom. The van der Waals surface area contributed by atoms with Crippen LogP contribution >= 0.6 is 11.6 Å². The fourth-order valence-corrected chi connectivity index (χ4v) is 1.29. The van der Waals surface area contributed by atoms with Crippen molar-refractivity contribution in [2.75, 3.05) is 7.05 Å². The van der Waals surface area contributed by atoms with Gasteiger partial charge in [0.15, 0.2) is 0 Å². The summed E-state index contributed by atoms with van der Waals surface area (Å²) in [4.78, 5) is 12.8. The monoisotopic (exact) mass is 258 g/mol. The molecule has 1 unspecified atom stereocenters. The third-order valence-electron chi connectivity index (χ3n) is 2.33. The van der Waals surface area contributed by atoms with Gasteiger partial charge in [-0.2, -0.15) is 5.26 Å². The van der Waals surface area contributed by atoms with E-state index in [0.717, 1.165) is 17.0 Å². The molecule has 1 aromatic rings. The van der Waals surface area contributed by atoms with E-state index in [9.17, 15) is 13.6 Å². The summed E-state index contributed by atoms with van der Waals surface area (Å²) < 4.78 is 26.6. The van der Waals surface area contributed by atoms with Gasteiger partial charge in [-0.3, -0.25) is 4.79 Å². The second kappa shape index (κ2) is 5.11. The van der Waals surface area contributed by atoms with Gasteiger partial charge in [0, 0.05) is 7.05 Å². The summed E-state index contributed by atoms with van der Waals surface area (Å²) in [6.07, 6.45) is 0. The van der Waals surface area contributed by atoms with Gasteiger partial charge < -0.3 is 4.90 Å². The van der Waals surface area contributed by atoms with Crippen LogP contribution in [-0.4, -0.2) is 23.9 Å². The molecule has 1 aromatic carbocycles. The number of nitrogens with zero attached hydrogens (tertiary/aromatic N) is 2. The van der Waals surface area contributed by atoms with Gasteiger partial charge in [-0.15, -0.1) is 0 Å². The Morgan fingerprint density at radius 2 is 2.06 bits per heavy atom. The van der Waals surface area contributed by atoms with E-state index in [4.69, 9.17) is 16.9 Å². The van der Waals surface area contributed by atoms with E-state index in [-0.39, 0.29) is 0 Å². The summed E-state index contributed by atoms with van der Waals surface area (Å²) >= 11 is 5.37. The quantitative estimate of drug-likeness (QED) is 0.766. The maximum atomic E-state index is 13.4. The lowest BCUT2D eigenvalue weighted by Gasteiger charge is -2.19. The van der Waals surface area contributed by atoms with E-state index in [1.165, 1.54) is 14.0 Å². The van der Waals surface area contributed by atoms with Gasteiger partial charge in [0.05, 0.1) is 16.7 Å². The van der Waals surface area contributed by atoms with E-state index in [1.807, 2.05) is 6.07 Å². The van der Waals surface area contributed by atoms with E-state index >= 15 is 0 Å². The predicted octanol–water partition coefficient (Wildman–Crippen LogP) is 2.60. The molecule has 0 aliphatic carbocycles. The van der Waals surface area contributed by atoms with Gasteiger partial charge in [-0.1, -0.05) is 11.6 Å². The van der Waals surface area contributed by atoms with Crippen LogP contribution in [-0.2, 0) is 0 Å². The fraction of sp³-hybridized carbons (Fsp3) is 0.273. The first-order valence-corrected chi connectivity index (χ1v) is 5.07. The maximum Gasteiger partial charge on any atom is 0.257 e. The van der Waals surface area contributed by atoms with Gasteiger partial charge in [0.1, 0.15) is 17.7 Å². The largest absolute Gasteiger partial charge is 0.326 e. The Kier molecular flexibility index (Phi) is 4.02.